The fourth-order valence-electron chi connectivity index (χ4n) is 2.91. The van der Waals surface area contributed by atoms with Crippen LogP contribution in [0.1, 0.15) is 31.2 Å². The predicted molar refractivity (Wildman–Crippen MR) is 84.0 cm³/mol. The van der Waals surface area contributed by atoms with Gasteiger partial charge in [0.05, 0.1) is 5.75 Å². The van der Waals surface area contributed by atoms with Crippen molar-refractivity contribution < 1.29 is 13.5 Å². The van der Waals surface area contributed by atoms with Crippen LogP contribution in [-0.2, 0) is 15.8 Å². The van der Waals surface area contributed by atoms with Gasteiger partial charge in [0.2, 0.25) is 10.0 Å². The van der Waals surface area contributed by atoms with Crippen molar-refractivity contribution in [1.29, 1.82) is 0 Å². The maximum Gasteiger partial charge on any atom is 0.215 e. The van der Waals surface area contributed by atoms with Gasteiger partial charge in [-0.1, -0.05) is 25.0 Å². The summed E-state index contributed by atoms with van der Waals surface area (Å²) in [6.07, 6.45) is 4.21. The fraction of sp³-hybridized carbons (Fsp3) is 0.600. The van der Waals surface area contributed by atoms with Crippen LogP contribution < -0.4 is 10.5 Å². The van der Waals surface area contributed by atoms with Gasteiger partial charge in [-0.3, -0.25) is 0 Å². The molecule has 2 unspecified atom stereocenters. The van der Waals surface area contributed by atoms with E-state index in [1.54, 1.807) is 24.3 Å². The van der Waals surface area contributed by atoms with Crippen LogP contribution in [0.4, 0.5) is 5.69 Å². The van der Waals surface area contributed by atoms with Gasteiger partial charge in [-0.2, -0.15) is 0 Å². The Balaban J connectivity index is 1.90. The van der Waals surface area contributed by atoms with E-state index in [1.807, 2.05) is 0 Å². The molecule has 1 saturated carbocycles. The van der Waals surface area contributed by atoms with Crippen LogP contribution in [0.15, 0.2) is 24.3 Å². The van der Waals surface area contributed by atoms with E-state index in [1.165, 1.54) is 0 Å². The summed E-state index contributed by atoms with van der Waals surface area (Å²) in [6, 6.07) is 6.86. The molecule has 2 rings (SSSR count). The van der Waals surface area contributed by atoms with Gasteiger partial charge in [-0.15, -0.1) is 0 Å². The molecule has 6 heteroatoms. The van der Waals surface area contributed by atoms with Gasteiger partial charge in [0.15, 0.2) is 0 Å². The van der Waals surface area contributed by atoms with Crippen molar-refractivity contribution in [2.75, 3.05) is 18.9 Å². The first-order valence-electron chi connectivity index (χ1n) is 7.43. The standard InChI is InChI=1S/C15H24N2O3S/c16-15-7-5-12(6-8-15)11-21(19,20)17-9-13-3-1-2-4-14(13)10-18/h5-8,13-14,17-18H,1-4,9-11,16H2. The van der Waals surface area contributed by atoms with Gasteiger partial charge in [-0.05, 0) is 42.4 Å². The summed E-state index contributed by atoms with van der Waals surface area (Å²) >= 11 is 0. The number of nitrogens with one attached hydrogen (secondary N) is 1. The van der Waals surface area contributed by atoms with E-state index in [0.29, 0.717) is 12.2 Å². The molecule has 1 aromatic carbocycles. The zero-order valence-corrected chi connectivity index (χ0v) is 13.0. The van der Waals surface area contributed by atoms with Crippen molar-refractivity contribution in [1.82, 2.24) is 4.72 Å². The third-order valence-electron chi connectivity index (χ3n) is 4.20. The molecule has 1 aliphatic carbocycles. The highest BCUT2D eigenvalue weighted by molar-refractivity contribution is 7.88. The molecule has 1 aliphatic rings. The van der Waals surface area contributed by atoms with E-state index in [4.69, 9.17) is 5.73 Å². The number of rotatable bonds is 6. The lowest BCUT2D eigenvalue weighted by Gasteiger charge is -2.30. The van der Waals surface area contributed by atoms with Crippen LogP contribution in [-0.4, -0.2) is 26.7 Å². The second-order valence-electron chi connectivity index (χ2n) is 5.84. The van der Waals surface area contributed by atoms with E-state index in [2.05, 4.69) is 4.72 Å². The first-order valence-corrected chi connectivity index (χ1v) is 9.08. The molecule has 0 radical (unpaired) electrons. The van der Waals surface area contributed by atoms with Crippen LogP contribution in [0.2, 0.25) is 0 Å². The van der Waals surface area contributed by atoms with Gasteiger partial charge in [0.25, 0.3) is 0 Å². The third-order valence-corrected chi connectivity index (χ3v) is 5.52. The smallest absolute Gasteiger partial charge is 0.215 e. The van der Waals surface area contributed by atoms with E-state index in [0.717, 1.165) is 31.2 Å². The van der Waals surface area contributed by atoms with Crippen molar-refractivity contribution in [2.24, 2.45) is 11.8 Å². The summed E-state index contributed by atoms with van der Waals surface area (Å²) in [5, 5.41) is 9.36. The maximum atomic E-state index is 12.1. The second kappa shape index (κ2) is 7.24. The van der Waals surface area contributed by atoms with Gasteiger partial charge in [0.1, 0.15) is 0 Å². The minimum atomic E-state index is -3.35. The van der Waals surface area contributed by atoms with Crippen LogP contribution >= 0.6 is 0 Å². The monoisotopic (exact) mass is 312 g/mol. The second-order valence-corrected chi connectivity index (χ2v) is 7.64. The van der Waals surface area contributed by atoms with E-state index in [9.17, 15) is 13.5 Å². The summed E-state index contributed by atoms with van der Waals surface area (Å²) in [6.45, 7) is 0.562. The molecule has 1 aromatic rings. The van der Waals surface area contributed by atoms with Crippen molar-refractivity contribution in [3.8, 4) is 0 Å². The largest absolute Gasteiger partial charge is 0.399 e. The molecule has 0 spiro atoms. The summed E-state index contributed by atoms with van der Waals surface area (Å²) < 4.78 is 26.9. The molecular formula is C15H24N2O3S. The summed E-state index contributed by atoms with van der Waals surface area (Å²) in [7, 11) is -3.35. The number of aliphatic hydroxyl groups excluding tert-OH is 1. The van der Waals surface area contributed by atoms with Crippen molar-refractivity contribution in [3.05, 3.63) is 29.8 Å². The number of nitrogen functional groups attached to an aromatic ring is 1. The maximum absolute atomic E-state index is 12.1. The Morgan fingerprint density at radius 1 is 1.14 bits per heavy atom. The summed E-state index contributed by atoms with van der Waals surface area (Å²) in [5.41, 5.74) is 6.93. The molecule has 0 saturated heterocycles. The first kappa shape index (κ1) is 16.3. The number of anilines is 1. The van der Waals surface area contributed by atoms with Gasteiger partial charge < -0.3 is 10.8 Å². The van der Waals surface area contributed by atoms with E-state index in [-0.39, 0.29) is 24.2 Å². The molecule has 0 bridgehead atoms. The Bertz CT molecular complexity index is 543. The minimum Gasteiger partial charge on any atom is -0.399 e. The molecule has 1 fully saturated rings. The van der Waals surface area contributed by atoms with Crippen LogP contribution in [0, 0.1) is 11.8 Å². The highest BCUT2D eigenvalue weighted by Crippen LogP contribution is 2.29. The molecule has 5 nitrogen and oxygen atoms in total. The Hall–Kier alpha value is -1.11. The Kier molecular flexibility index (Phi) is 5.61. The Morgan fingerprint density at radius 3 is 2.38 bits per heavy atom. The Morgan fingerprint density at radius 2 is 1.76 bits per heavy atom. The quantitative estimate of drug-likeness (QED) is 0.694. The Labute approximate surface area is 126 Å². The zero-order chi connectivity index (χ0) is 15.3. The molecular weight excluding hydrogens is 288 g/mol. The highest BCUT2D eigenvalue weighted by atomic mass is 32.2. The number of sulfonamides is 1. The van der Waals surface area contributed by atoms with Crippen LogP contribution in [0.25, 0.3) is 0 Å². The normalized spacial score (nSPS) is 23.1. The van der Waals surface area contributed by atoms with Crippen LogP contribution in [0.5, 0.6) is 0 Å². The van der Waals surface area contributed by atoms with Crippen molar-refractivity contribution >= 4 is 15.7 Å². The molecule has 4 N–H and O–H groups in total. The van der Waals surface area contributed by atoms with Gasteiger partial charge in [-0.25, -0.2) is 13.1 Å². The highest BCUT2D eigenvalue weighted by Gasteiger charge is 2.25. The topological polar surface area (TPSA) is 92.4 Å². The molecule has 0 aliphatic heterocycles. The fourth-order valence-corrected chi connectivity index (χ4v) is 4.11. The predicted octanol–water partition coefficient (Wildman–Crippen LogP) is 1.49. The lowest BCUT2D eigenvalue weighted by Crippen LogP contribution is -2.36. The molecule has 2 atom stereocenters. The van der Waals surface area contributed by atoms with Gasteiger partial charge >= 0.3 is 0 Å². The number of hydrogen-bond acceptors (Lipinski definition) is 4. The van der Waals surface area contributed by atoms with Gasteiger partial charge in [0, 0.05) is 18.8 Å². The van der Waals surface area contributed by atoms with E-state index >= 15 is 0 Å². The van der Waals surface area contributed by atoms with Crippen molar-refractivity contribution in [2.45, 2.75) is 31.4 Å². The molecule has 118 valence electrons. The summed E-state index contributed by atoms with van der Waals surface area (Å²) in [4.78, 5) is 0. The van der Waals surface area contributed by atoms with Crippen LogP contribution in [0.3, 0.4) is 0 Å². The minimum absolute atomic E-state index is 0.0379. The molecule has 0 heterocycles. The molecule has 21 heavy (non-hydrogen) atoms. The molecule has 0 aromatic heterocycles. The lowest BCUT2D eigenvalue weighted by molar-refractivity contribution is 0.136. The van der Waals surface area contributed by atoms with E-state index < -0.39 is 10.0 Å². The zero-order valence-electron chi connectivity index (χ0n) is 12.2. The average Bonchev–Trinajstić information content (AvgIpc) is 2.48. The number of hydrogen-bond donors (Lipinski definition) is 3. The number of benzene rings is 1. The lowest BCUT2D eigenvalue weighted by atomic mass is 9.80. The van der Waals surface area contributed by atoms with Crippen molar-refractivity contribution in [3.63, 3.8) is 0 Å². The number of nitrogens with two attached hydrogens (primary N) is 1. The molecule has 0 amide bonds. The average molecular weight is 312 g/mol. The third kappa shape index (κ3) is 4.98. The SMILES string of the molecule is Nc1ccc(CS(=O)(=O)NCC2CCCCC2CO)cc1. The first-order chi connectivity index (χ1) is 10.00. The number of aliphatic hydroxyl groups is 1. The summed E-state index contributed by atoms with van der Waals surface area (Å²) in [5.74, 6) is 0.423.